The van der Waals surface area contributed by atoms with E-state index in [1.54, 1.807) is 12.4 Å². The number of anilines is 2. The topological polar surface area (TPSA) is 125 Å². The van der Waals surface area contributed by atoms with Crippen molar-refractivity contribution in [2.24, 2.45) is 0 Å². The van der Waals surface area contributed by atoms with Crippen LogP contribution in [0.4, 0.5) is 11.6 Å². The number of rotatable bonds is 16. The van der Waals surface area contributed by atoms with Crippen molar-refractivity contribution in [2.45, 2.75) is 44.6 Å². The minimum absolute atomic E-state index is 0.398. The number of benzene rings is 1. The summed E-state index contributed by atoms with van der Waals surface area (Å²) in [5.41, 5.74) is 4.09. The van der Waals surface area contributed by atoms with Crippen LogP contribution in [0.1, 0.15) is 36.9 Å². The molecule has 0 saturated heterocycles. The molecule has 1 aromatic carbocycles. The van der Waals surface area contributed by atoms with E-state index in [1.165, 1.54) is 11.9 Å². The summed E-state index contributed by atoms with van der Waals surface area (Å²) in [7, 11) is 0. The van der Waals surface area contributed by atoms with E-state index < -0.39 is 12.0 Å². The quantitative estimate of drug-likeness (QED) is 0.157. The highest BCUT2D eigenvalue weighted by atomic mass is 16.5. The maximum atomic E-state index is 12.3. The van der Waals surface area contributed by atoms with Gasteiger partial charge >= 0.3 is 5.97 Å². The first kappa shape index (κ1) is 29.9. The van der Waals surface area contributed by atoms with Gasteiger partial charge in [-0.25, -0.2) is 24.7 Å². The summed E-state index contributed by atoms with van der Waals surface area (Å²) in [6.45, 7) is 3.51. The van der Waals surface area contributed by atoms with Crippen molar-refractivity contribution in [1.82, 2.24) is 24.8 Å². The van der Waals surface area contributed by atoms with Gasteiger partial charge in [0, 0.05) is 49.4 Å². The average Bonchev–Trinajstić information content (AvgIpc) is 3.05. The molecular weight excluding hydrogens is 542 g/mol. The van der Waals surface area contributed by atoms with Gasteiger partial charge in [0.2, 0.25) is 5.88 Å². The second-order valence-electron chi connectivity index (χ2n) is 10.6. The van der Waals surface area contributed by atoms with Gasteiger partial charge in [-0.2, -0.15) is 0 Å². The van der Waals surface area contributed by atoms with E-state index in [2.05, 4.69) is 42.6 Å². The molecule has 43 heavy (non-hydrogen) atoms. The number of nitrogens with zero attached hydrogens (tertiary/aromatic N) is 5. The van der Waals surface area contributed by atoms with Crippen LogP contribution in [0.15, 0.2) is 79.4 Å². The van der Waals surface area contributed by atoms with Gasteiger partial charge in [-0.3, -0.25) is 4.90 Å². The number of pyridine rings is 2. The van der Waals surface area contributed by atoms with E-state index in [-0.39, 0.29) is 0 Å². The van der Waals surface area contributed by atoms with Crippen LogP contribution in [0.2, 0.25) is 0 Å². The average molecular weight is 582 g/mol. The standard InChI is InChI=1S/C33H39N7O3/c41-33(42)29(39-32-28(23-34-24-37-32)25-9-2-1-3-10-25)16-20-40(21-22-43-30-13-4-6-17-35-30)19-7-5-12-27-15-14-26-11-8-18-36-31(26)38-27/h1-4,6,9-10,13-15,17,23-24,29H,5,7-8,11-12,16,18-22H2,(H,36,38)(H,41,42)(H,34,37,39)/t29-/m0/s1. The number of aliphatic carboxylic acids is 1. The third-order valence-corrected chi connectivity index (χ3v) is 7.54. The molecule has 10 nitrogen and oxygen atoms in total. The van der Waals surface area contributed by atoms with Crippen molar-refractivity contribution >= 4 is 17.6 Å². The van der Waals surface area contributed by atoms with Crippen LogP contribution in [0, 0.1) is 0 Å². The lowest BCUT2D eigenvalue weighted by Gasteiger charge is -2.25. The Balaban J connectivity index is 1.18. The summed E-state index contributed by atoms with van der Waals surface area (Å²) in [5, 5.41) is 16.7. The number of fused-ring (bicyclic) bond motifs is 1. The number of carbonyl (C=O) groups is 1. The van der Waals surface area contributed by atoms with Crippen molar-refractivity contribution in [3.8, 4) is 17.0 Å². The summed E-state index contributed by atoms with van der Waals surface area (Å²) in [5.74, 6) is 1.19. The molecular formula is C33H39N7O3. The van der Waals surface area contributed by atoms with Crippen LogP contribution in [0.5, 0.6) is 5.88 Å². The second-order valence-corrected chi connectivity index (χ2v) is 10.6. The summed E-state index contributed by atoms with van der Waals surface area (Å²) in [4.78, 5) is 32.2. The predicted molar refractivity (Wildman–Crippen MR) is 167 cm³/mol. The molecule has 224 valence electrons. The second kappa shape index (κ2) is 15.6. The lowest BCUT2D eigenvalue weighted by molar-refractivity contribution is -0.138. The number of hydrogen-bond donors (Lipinski definition) is 3. The number of nitrogens with one attached hydrogen (secondary N) is 2. The van der Waals surface area contributed by atoms with E-state index in [0.717, 1.165) is 67.8 Å². The molecule has 1 atom stereocenters. The SMILES string of the molecule is O=C(O)[C@H](CCN(CCCCc1ccc2c(n1)NCCC2)CCOc1ccccn1)Nc1ncncc1-c1ccccc1. The van der Waals surface area contributed by atoms with Gasteiger partial charge in [-0.1, -0.05) is 42.5 Å². The fraction of sp³-hybridized carbons (Fsp3) is 0.364. The molecule has 4 aromatic rings. The Morgan fingerprint density at radius 3 is 2.74 bits per heavy atom. The molecule has 5 rings (SSSR count). The normalized spacial score (nSPS) is 13.1. The molecule has 0 bridgehead atoms. The zero-order valence-electron chi connectivity index (χ0n) is 24.4. The van der Waals surface area contributed by atoms with Gasteiger partial charge in [0.25, 0.3) is 0 Å². The molecule has 0 radical (unpaired) electrons. The third kappa shape index (κ3) is 8.96. The van der Waals surface area contributed by atoms with Gasteiger partial charge in [0.15, 0.2) is 0 Å². The molecule has 3 N–H and O–H groups in total. The fourth-order valence-electron chi connectivity index (χ4n) is 5.20. The van der Waals surface area contributed by atoms with Crippen LogP contribution in [-0.4, -0.2) is 74.7 Å². The van der Waals surface area contributed by atoms with E-state index in [9.17, 15) is 9.90 Å². The number of aryl methyl sites for hydroxylation is 2. The summed E-state index contributed by atoms with van der Waals surface area (Å²) in [6, 6.07) is 18.8. The summed E-state index contributed by atoms with van der Waals surface area (Å²) < 4.78 is 5.86. The van der Waals surface area contributed by atoms with Crippen LogP contribution < -0.4 is 15.4 Å². The van der Waals surface area contributed by atoms with Crippen molar-refractivity contribution < 1.29 is 14.6 Å². The summed E-state index contributed by atoms with van der Waals surface area (Å²) >= 11 is 0. The first-order valence-electron chi connectivity index (χ1n) is 15.0. The highest BCUT2D eigenvalue weighted by Gasteiger charge is 2.21. The van der Waals surface area contributed by atoms with Gasteiger partial charge < -0.3 is 20.5 Å². The lowest BCUT2D eigenvalue weighted by Crippen LogP contribution is -2.37. The van der Waals surface area contributed by atoms with Crippen molar-refractivity contribution in [1.29, 1.82) is 0 Å². The molecule has 0 fully saturated rings. The van der Waals surface area contributed by atoms with E-state index in [4.69, 9.17) is 9.72 Å². The number of hydrogen-bond acceptors (Lipinski definition) is 9. The van der Waals surface area contributed by atoms with Crippen LogP contribution >= 0.6 is 0 Å². The van der Waals surface area contributed by atoms with Gasteiger partial charge in [-0.15, -0.1) is 0 Å². The molecule has 0 aliphatic carbocycles. The maximum absolute atomic E-state index is 12.3. The third-order valence-electron chi connectivity index (χ3n) is 7.54. The molecule has 1 aliphatic rings. The first-order valence-corrected chi connectivity index (χ1v) is 15.0. The van der Waals surface area contributed by atoms with E-state index in [0.29, 0.717) is 37.8 Å². The number of unbranched alkanes of at least 4 members (excludes halogenated alkanes) is 1. The molecule has 4 heterocycles. The largest absolute Gasteiger partial charge is 0.480 e. The Bertz CT molecular complexity index is 1440. The van der Waals surface area contributed by atoms with Crippen LogP contribution in [0.3, 0.4) is 0 Å². The number of carboxylic acid groups (broad SMARTS) is 1. The molecule has 0 amide bonds. The highest BCUT2D eigenvalue weighted by Crippen LogP contribution is 2.26. The maximum Gasteiger partial charge on any atom is 0.326 e. The Hall–Kier alpha value is -4.57. The van der Waals surface area contributed by atoms with Crippen LogP contribution in [-0.2, 0) is 17.6 Å². The zero-order chi connectivity index (χ0) is 29.7. The first-order chi connectivity index (χ1) is 21.2. The Morgan fingerprint density at radius 2 is 1.91 bits per heavy atom. The zero-order valence-corrected chi connectivity index (χ0v) is 24.4. The van der Waals surface area contributed by atoms with Crippen LogP contribution in [0.25, 0.3) is 11.1 Å². The molecule has 0 saturated carbocycles. The number of carboxylic acids is 1. The number of ether oxygens (including phenoxy) is 1. The minimum atomic E-state index is -0.922. The summed E-state index contributed by atoms with van der Waals surface area (Å²) in [6.07, 6.45) is 10.3. The highest BCUT2D eigenvalue weighted by molar-refractivity contribution is 5.81. The molecule has 10 heteroatoms. The molecule has 1 aliphatic heterocycles. The van der Waals surface area contributed by atoms with Crippen molar-refractivity contribution in [3.63, 3.8) is 0 Å². The Kier molecular flexibility index (Phi) is 10.8. The van der Waals surface area contributed by atoms with Crippen molar-refractivity contribution in [3.05, 3.63) is 90.6 Å². The fourth-order valence-corrected chi connectivity index (χ4v) is 5.20. The Morgan fingerprint density at radius 1 is 1.02 bits per heavy atom. The predicted octanol–water partition coefficient (Wildman–Crippen LogP) is 4.95. The monoisotopic (exact) mass is 581 g/mol. The Labute approximate surface area is 252 Å². The molecule has 3 aromatic heterocycles. The van der Waals surface area contributed by atoms with E-state index >= 15 is 0 Å². The molecule has 0 unspecified atom stereocenters. The van der Waals surface area contributed by atoms with Gasteiger partial charge in [-0.05, 0) is 68.3 Å². The number of aromatic nitrogens is 4. The molecule has 0 spiro atoms. The van der Waals surface area contributed by atoms with E-state index in [1.807, 2.05) is 48.5 Å². The smallest absolute Gasteiger partial charge is 0.326 e. The van der Waals surface area contributed by atoms with Gasteiger partial charge in [0.1, 0.15) is 30.6 Å². The van der Waals surface area contributed by atoms with Crippen molar-refractivity contribution in [2.75, 3.05) is 43.4 Å². The van der Waals surface area contributed by atoms with Gasteiger partial charge in [0.05, 0.1) is 0 Å². The minimum Gasteiger partial charge on any atom is -0.480 e. The lowest BCUT2D eigenvalue weighted by atomic mass is 10.1.